The minimum atomic E-state index is -0.820. The number of anilines is 1. The number of benzene rings is 2. The molecular formula is C19H19N3O2. The van der Waals surface area contributed by atoms with Gasteiger partial charge in [0.1, 0.15) is 0 Å². The molecule has 2 aromatic carbocycles. The minimum Gasteiger partial charge on any atom is -0.318 e. The van der Waals surface area contributed by atoms with E-state index in [2.05, 4.69) is 15.8 Å². The van der Waals surface area contributed by atoms with Crippen molar-refractivity contribution in [2.45, 2.75) is 13.8 Å². The second-order valence-corrected chi connectivity index (χ2v) is 5.32. The largest absolute Gasteiger partial charge is 0.329 e. The van der Waals surface area contributed by atoms with Crippen LogP contribution in [0.15, 0.2) is 65.3 Å². The van der Waals surface area contributed by atoms with E-state index in [1.165, 1.54) is 6.21 Å². The third-order valence-corrected chi connectivity index (χ3v) is 3.14. The van der Waals surface area contributed by atoms with Crippen LogP contribution in [-0.4, -0.2) is 18.0 Å². The minimum absolute atomic E-state index is 0.560. The van der Waals surface area contributed by atoms with Crippen LogP contribution in [0.3, 0.4) is 0 Å². The molecule has 5 heteroatoms. The molecule has 0 radical (unpaired) electrons. The molecule has 0 heterocycles. The van der Waals surface area contributed by atoms with Crippen molar-refractivity contribution in [3.63, 3.8) is 0 Å². The van der Waals surface area contributed by atoms with Gasteiger partial charge in [0, 0.05) is 5.69 Å². The van der Waals surface area contributed by atoms with Crippen molar-refractivity contribution >= 4 is 29.8 Å². The molecular weight excluding hydrogens is 302 g/mol. The van der Waals surface area contributed by atoms with Gasteiger partial charge in [0.05, 0.1) is 6.21 Å². The lowest BCUT2D eigenvalue weighted by atomic mass is 10.1. The van der Waals surface area contributed by atoms with E-state index in [0.717, 1.165) is 16.7 Å². The maximum Gasteiger partial charge on any atom is 0.329 e. The molecule has 2 N–H and O–H groups in total. The molecule has 24 heavy (non-hydrogen) atoms. The highest BCUT2D eigenvalue weighted by molar-refractivity contribution is 6.39. The number of nitrogens with zero attached hydrogens (tertiary/aromatic N) is 1. The van der Waals surface area contributed by atoms with Gasteiger partial charge in [0.2, 0.25) is 0 Å². The highest BCUT2D eigenvalue weighted by Crippen LogP contribution is 2.08. The Bertz CT molecular complexity index is 763. The van der Waals surface area contributed by atoms with Crippen LogP contribution in [0.25, 0.3) is 6.08 Å². The number of amides is 2. The third-order valence-electron chi connectivity index (χ3n) is 3.14. The van der Waals surface area contributed by atoms with Crippen molar-refractivity contribution in [3.05, 3.63) is 71.3 Å². The number of hydrogen-bond donors (Lipinski definition) is 2. The highest BCUT2D eigenvalue weighted by atomic mass is 16.2. The number of carbonyl (C=O) groups is 2. The fourth-order valence-corrected chi connectivity index (χ4v) is 1.92. The SMILES string of the molecule is CC(C=NNC(=O)C(=O)Nc1ccc(C)cc1)=Cc1ccccc1. The summed E-state index contributed by atoms with van der Waals surface area (Å²) in [6.45, 7) is 3.80. The van der Waals surface area contributed by atoms with Crippen LogP contribution < -0.4 is 10.7 Å². The van der Waals surface area contributed by atoms with Crippen molar-refractivity contribution in [1.29, 1.82) is 0 Å². The van der Waals surface area contributed by atoms with E-state index in [0.29, 0.717) is 5.69 Å². The monoisotopic (exact) mass is 321 g/mol. The fourth-order valence-electron chi connectivity index (χ4n) is 1.92. The summed E-state index contributed by atoms with van der Waals surface area (Å²) in [7, 11) is 0. The van der Waals surface area contributed by atoms with E-state index in [4.69, 9.17) is 0 Å². The molecule has 0 aromatic heterocycles. The molecule has 0 atom stereocenters. The zero-order chi connectivity index (χ0) is 17.4. The second-order valence-electron chi connectivity index (χ2n) is 5.32. The summed E-state index contributed by atoms with van der Waals surface area (Å²) in [5, 5.41) is 6.30. The number of carbonyl (C=O) groups excluding carboxylic acids is 2. The second kappa shape index (κ2) is 8.43. The first-order chi connectivity index (χ1) is 11.5. The molecule has 2 amide bonds. The van der Waals surface area contributed by atoms with Gasteiger partial charge in [-0.2, -0.15) is 5.10 Å². The van der Waals surface area contributed by atoms with Crippen molar-refractivity contribution in [2.24, 2.45) is 5.10 Å². The Balaban J connectivity index is 1.86. The van der Waals surface area contributed by atoms with Crippen LogP contribution in [0, 0.1) is 6.92 Å². The summed E-state index contributed by atoms with van der Waals surface area (Å²) in [5.74, 6) is -1.58. The average Bonchev–Trinajstić information content (AvgIpc) is 2.57. The van der Waals surface area contributed by atoms with Crippen LogP contribution in [0.5, 0.6) is 0 Å². The molecule has 0 unspecified atom stereocenters. The third kappa shape index (κ3) is 5.53. The zero-order valence-corrected chi connectivity index (χ0v) is 13.6. The number of allylic oxidation sites excluding steroid dienone is 1. The van der Waals surface area contributed by atoms with Crippen molar-refractivity contribution in [1.82, 2.24) is 5.43 Å². The van der Waals surface area contributed by atoms with Gasteiger partial charge in [-0.3, -0.25) is 9.59 Å². The molecule has 2 aromatic rings. The van der Waals surface area contributed by atoms with Gasteiger partial charge in [-0.05, 0) is 37.1 Å². The highest BCUT2D eigenvalue weighted by Gasteiger charge is 2.12. The Morgan fingerprint density at radius 1 is 0.958 bits per heavy atom. The lowest BCUT2D eigenvalue weighted by molar-refractivity contribution is -0.136. The molecule has 0 aliphatic carbocycles. The van der Waals surface area contributed by atoms with Crippen LogP contribution in [0.1, 0.15) is 18.1 Å². The fraction of sp³-hybridized carbons (Fsp3) is 0.105. The lowest BCUT2D eigenvalue weighted by Gasteiger charge is -2.04. The molecule has 0 saturated heterocycles. The van der Waals surface area contributed by atoms with Gasteiger partial charge in [0.25, 0.3) is 0 Å². The Kier molecular flexibility index (Phi) is 6.02. The molecule has 122 valence electrons. The van der Waals surface area contributed by atoms with E-state index in [-0.39, 0.29) is 0 Å². The average molecular weight is 321 g/mol. The normalized spacial score (nSPS) is 11.3. The van der Waals surface area contributed by atoms with E-state index in [1.807, 2.05) is 62.4 Å². The van der Waals surface area contributed by atoms with Gasteiger partial charge in [0.15, 0.2) is 0 Å². The van der Waals surface area contributed by atoms with Crippen LogP contribution in [-0.2, 0) is 9.59 Å². The van der Waals surface area contributed by atoms with Crippen molar-refractivity contribution in [3.8, 4) is 0 Å². The maximum absolute atomic E-state index is 11.8. The maximum atomic E-state index is 11.8. The van der Waals surface area contributed by atoms with E-state index in [9.17, 15) is 9.59 Å². The first-order valence-corrected chi connectivity index (χ1v) is 7.49. The number of aryl methyl sites for hydroxylation is 1. The van der Waals surface area contributed by atoms with Gasteiger partial charge < -0.3 is 5.32 Å². The molecule has 0 spiro atoms. The summed E-state index contributed by atoms with van der Waals surface area (Å²) in [5.41, 5.74) is 5.72. The molecule has 0 saturated carbocycles. The first-order valence-electron chi connectivity index (χ1n) is 7.49. The number of nitrogens with one attached hydrogen (secondary N) is 2. The van der Waals surface area contributed by atoms with Crippen LogP contribution >= 0.6 is 0 Å². The summed E-state index contributed by atoms with van der Waals surface area (Å²) < 4.78 is 0. The van der Waals surface area contributed by atoms with Crippen LogP contribution in [0.2, 0.25) is 0 Å². The summed E-state index contributed by atoms with van der Waals surface area (Å²) in [4.78, 5) is 23.5. The molecule has 0 bridgehead atoms. The lowest BCUT2D eigenvalue weighted by Crippen LogP contribution is -2.32. The van der Waals surface area contributed by atoms with Crippen molar-refractivity contribution < 1.29 is 9.59 Å². The van der Waals surface area contributed by atoms with Crippen molar-refractivity contribution in [2.75, 3.05) is 5.32 Å². The Hall–Kier alpha value is -3.21. The predicted molar refractivity (Wildman–Crippen MR) is 96.5 cm³/mol. The molecule has 5 nitrogen and oxygen atoms in total. The van der Waals surface area contributed by atoms with Gasteiger partial charge in [-0.1, -0.05) is 54.1 Å². The van der Waals surface area contributed by atoms with E-state index >= 15 is 0 Å². The Morgan fingerprint density at radius 2 is 1.62 bits per heavy atom. The van der Waals surface area contributed by atoms with Crippen LogP contribution in [0.4, 0.5) is 5.69 Å². The van der Waals surface area contributed by atoms with Gasteiger partial charge >= 0.3 is 11.8 Å². The number of hydrogen-bond acceptors (Lipinski definition) is 3. The Morgan fingerprint density at radius 3 is 2.29 bits per heavy atom. The quantitative estimate of drug-likeness (QED) is 0.516. The van der Waals surface area contributed by atoms with E-state index < -0.39 is 11.8 Å². The molecule has 0 aliphatic heterocycles. The Labute approximate surface area is 141 Å². The topological polar surface area (TPSA) is 70.6 Å². The van der Waals surface area contributed by atoms with E-state index in [1.54, 1.807) is 12.1 Å². The summed E-state index contributed by atoms with van der Waals surface area (Å²) >= 11 is 0. The molecule has 0 fully saturated rings. The van der Waals surface area contributed by atoms with Gasteiger partial charge in [-0.15, -0.1) is 0 Å². The summed E-state index contributed by atoms with van der Waals surface area (Å²) in [6.07, 6.45) is 3.41. The zero-order valence-electron chi connectivity index (χ0n) is 13.6. The predicted octanol–water partition coefficient (Wildman–Crippen LogP) is 3.14. The van der Waals surface area contributed by atoms with Gasteiger partial charge in [-0.25, -0.2) is 5.43 Å². The molecule has 2 rings (SSSR count). The summed E-state index contributed by atoms with van der Waals surface area (Å²) in [6, 6.07) is 16.9. The smallest absolute Gasteiger partial charge is 0.318 e. The standard InChI is InChI=1S/C19H19N3O2/c1-14-8-10-17(11-9-14)21-18(23)19(24)22-20-13-15(2)12-16-6-4-3-5-7-16/h3-13H,1-2H3,(H,21,23)(H,22,24). The number of rotatable bonds is 4. The molecule has 0 aliphatic rings. The number of hydrazone groups is 1. The first kappa shape index (κ1) is 17.1.